The molecule has 1 aromatic heterocycles. The first-order valence-corrected chi connectivity index (χ1v) is 7.56. The Morgan fingerprint density at radius 1 is 1.09 bits per heavy atom. The van der Waals surface area contributed by atoms with Gasteiger partial charge in [0.05, 0.1) is 11.1 Å². The van der Waals surface area contributed by atoms with Crippen LogP contribution in [0.4, 0.5) is 0 Å². The topological polar surface area (TPSA) is 90.6 Å². The van der Waals surface area contributed by atoms with Gasteiger partial charge in [0.15, 0.2) is 6.20 Å². The van der Waals surface area contributed by atoms with Crippen LogP contribution in [0.25, 0.3) is 0 Å². The third kappa shape index (κ3) is 2.88. The number of amides is 2. The molecule has 8 heteroatoms. The van der Waals surface area contributed by atoms with Crippen LogP contribution >= 0.6 is 11.8 Å². The number of hydrogen-bond donors (Lipinski definition) is 0. The molecule has 0 fully saturated rings. The van der Waals surface area contributed by atoms with Gasteiger partial charge in [-0.3, -0.25) is 9.59 Å². The summed E-state index contributed by atoms with van der Waals surface area (Å²) in [5.74, 6) is -2.36. The Morgan fingerprint density at radius 2 is 1.70 bits per heavy atom. The van der Waals surface area contributed by atoms with Crippen LogP contribution in [0.1, 0.15) is 20.7 Å². The number of aromatic nitrogens is 1. The van der Waals surface area contributed by atoms with Crippen molar-refractivity contribution < 1.29 is 24.0 Å². The summed E-state index contributed by atoms with van der Waals surface area (Å²) in [6, 6.07) is 11.0. The molecule has 1 aliphatic heterocycles. The van der Waals surface area contributed by atoms with E-state index in [4.69, 9.17) is 4.84 Å². The maximum atomic E-state index is 12.0. The third-order valence-electron chi connectivity index (χ3n) is 3.08. The fraction of sp³-hybridized carbons (Fsp3) is 0.0667. The number of carbonyl (C=O) groups is 3. The standard InChI is InChI=1S/C15H10N2O5S/c18-13(9-23-12-7-3-4-8-16(12)21)22-17-14(19)10-5-1-2-6-11(10)15(17)20/h1-8H,9H2. The van der Waals surface area contributed by atoms with Crippen LogP contribution in [-0.4, -0.2) is 28.6 Å². The number of fused-ring (bicyclic) bond motifs is 1. The fourth-order valence-electron chi connectivity index (χ4n) is 2.04. The Bertz CT molecular complexity index is 773. The minimum atomic E-state index is -0.798. The van der Waals surface area contributed by atoms with Gasteiger partial charge in [0, 0.05) is 12.1 Å². The summed E-state index contributed by atoms with van der Waals surface area (Å²) in [6.07, 6.45) is 1.30. The first kappa shape index (κ1) is 15.0. The van der Waals surface area contributed by atoms with Crippen molar-refractivity contribution in [2.24, 2.45) is 0 Å². The van der Waals surface area contributed by atoms with E-state index in [1.54, 1.807) is 30.3 Å². The van der Waals surface area contributed by atoms with Gasteiger partial charge in [-0.2, -0.15) is 4.73 Å². The third-order valence-corrected chi connectivity index (χ3v) is 4.07. The van der Waals surface area contributed by atoms with E-state index in [1.165, 1.54) is 18.3 Å². The average Bonchev–Trinajstić information content (AvgIpc) is 2.80. The highest BCUT2D eigenvalue weighted by molar-refractivity contribution is 7.99. The van der Waals surface area contributed by atoms with E-state index in [9.17, 15) is 19.6 Å². The number of imide groups is 1. The van der Waals surface area contributed by atoms with Gasteiger partial charge in [-0.1, -0.05) is 17.2 Å². The zero-order valence-corrected chi connectivity index (χ0v) is 12.5. The number of carbonyl (C=O) groups excluding carboxylic acids is 3. The summed E-state index contributed by atoms with van der Waals surface area (Å²) in [6.45, 7) is 0. The van der Waals surface area contributed by atoms with Crippen LogP contribution in [0.3, 0.4) is 0 Å². The second-order valence-electron chi connectivity index (χ2n) is 4.57. The van der Waals surface area contributed by atoms with Crippen LogP contribution in [0.5, 0.6) is 0 Å². The highest BCUT2D eigenvalue weighted by Gasteiger charge is 2.38. The number of hydroxylamine groups is 2. The Kier molecular flexibility index (Phi) is 3.98. The van der Waals surface area contributed by atoms with E-state index in [0.717, 1.165) is 11.8 Å². The lowest BCUT2D eigenvalue weighted by Gasteiger charge is -2.12. The van der Waals surface area contributed by atoms with Crippen LogP contribution in [0.15, 0.2) is 53.7 Å². The van der Waals surface area contributed by atoms with Gasteiger partial charge in [-0.15, -0.1) is 0 Å². The molecular formula is C15H10N2O5S. The molecule has 0 saturated carbocycles. The molecule has 7 nitrogen and oxygen atoms in total. The largest absolute Gasteiger partial charge is 0.618 e. The van der Waals surface area contributed by atoms with Gasteiger partial charge >= 0.3 is 5.97 Å². The van der Waals surface area contributed by atoms with Gasteiger partial charge in [-0.05, 0) is 30.0 Å². The number of nitrogens with zero attached hydrogens (tertiary/aromatic N) is 2. The monoisotopic (exact) mass is 330 g/mol. The predicted molar refractivity (Wildman–Crippen MR) is 79.2 cm³/mol. The second kappa shape index (κ2) is 6.09. The van der Waals surface area contributed by atoms with Crippen molar-refractivity contribution in [3.8, 4) is 0 Å². The summed E-state index contributed by atoms with van der Waals surface area (Å²) in [4.78, 5) is 40.7. The zero-order chi connectivity index (χ0) is 16.4. The molecule has 2 heterocycles. The zero-order valence-electron chi connectivity index (χ0n) is 11.7. The summed E-state index contributed by atoms with van der Waals surface area (Å²) < 4.78 is 0.611. The molecule has 0 atom stereocenters. The molecule has 0 unspecified atom stereocenters. The van der Waals surface area contributed by atoms with Gasteiger partial charge in [0.25, 0.3) is 16.8 Å². The Labute approximate surface area is 135 Å². The number of rotatable bonds is 4. The lowest BCUT2D eigenvalue weighted by atomic mass is 10.1. The van der Waals surface area contributed by atoms with Gasteiger partial charge in [0.2, 0.25) is 0 Å². The molecule has 1 aliphatic rings. The van der Waals surface area contributed by atoms with Crippen molar-refractivity contribution in [3.63, 3.8) is 0 Å². The molecule has 2 amide bonds. The SMILES string of the molecule is O=C(CSc1cccc[n+]1[O-])ON1C(=O)c2ccccc2C1=O. The lowest BCUT2D eigenvalue weighted by molar-refractivity contribution is -0.645. The van der Waals surface area contributed by atoms with Gasteiger partial charge in [0.1, 0.15) is 5.75 Å². The van der Waals surface area contributed by atoms with Crippen LogP contribution < -0.4 is 4.73 Å². The van der Waals surface area contributed by atoms with Crippen molar-refractivity contribution in [2.75, 3.05) is 5.75 Å². The maximum absolute atomic E-state index is 12.0. The van der Waals surface area contributed by atoms with Crippen LogP contribution in [-0.2, 0) is 9.63 Å². The summed E-state index contributed by atoms with van der Waals surface area (Å²) in [5.41, 5.74) is 0.386. The molecule has 0 radical (unpaired) electrons. The minimum Gasteiger partial charge on any atom is -0.618 e. The van der Waals surface area contributed by atoms with Crippen LogP contribution in [0, 0.1) is 5.21 Å². The highest BCUT2D eigenvalue weighted by atomic mass is 32.2. The number of hydrogen-bond acceptors (Lipinski definition) is 6. The highest BCUT2D eigenvalue weighted by Crippen LogP contribution is 2.23. The van der Waals surface area contributed by atoms with Gasteiger partial charge < -0.3 is 10.0 Å². The molecule has 0 aliphatic carbocycles. The Hall–Kier alpha value is -2.87. The molecule has 116 valence electrons. The van der Waals surface area contributed by atoms with Crippen molar-refractivity contribution >= 4 is 29.5 Å². The summed E-state index contributed by atoms with van der Waals surface area (Å²) >= 11 is 0.952. The van der Waals surface area contributed by atoms with Crippen molar-refractivity contribution in [1.82, 2.24) is 5.06 Å². The van der Waals surface area contributed by atoms with Crippen LogP contribution in [0.2, 0.25) is 0 Å². The second-order valence-corrected chi connectivity index (χ2v) is 5.56. The Balaban J connectivity index is 1.64. The quantitative estimate of drug-likeness (QED) is 0.362. The smallest absolute Gasteiger partial charge is 0.343 e. The number of thioether (sulfide) groups is 1. The fourth-order valence-corrected chi connectivity index (χ4v) is 2.72. The first-order chi connectivity index (χ1) is 11.1. The molecule has 0 saturated heterocycles. The molecule has 1 aromatic carbocycles. The maximum Gasteiger partial charge on any atom is 0.343 e. The van der Waals surface area contributed by atoms with E-state index in [2.05, 4.69) is 0 Å². The van der Waals surface area contributed by atoms with E-state index >= 15 is 0 Å². The normalized spacial score (nSPS) is 13.1. The van der Waals surface area contributed by atoms with Crippen molar-refractivity contribution in [3.05, 3.63) is 65.0 Å². The van der Waals surface area contributed by atoms with E-state index < -0.39 is 17.8 Å². The number of pyridine rings is 1. The van der Waals surface area contributed by atoms with E-state index in [-0.39, 0.29) is 16.9 Å². The molecule has 2 aromatic rings. The minimum absolute atomic E-state index is 0.193. The summed E-state index contributed by atoms with van der Waals surface area (Å²) in [5, 5.41) is 12.2. The predicted octanol–water partition coefficient (Wildman–Crippen LogP) is 1.17. The van der Waals surface area contributed by atoms with Crippen molar-refractivity contribution in [2.45, 2.75) is 5.03 Å². The first-order valence-electron chi connectivity index (χ1n) is 6.57. The van der Waals surface area contributed by atoms with Crippen molar-refractivity contribution in [1.29, 1.82) is 0 Å². The molecule has 23 heavy (non-hydrogen) atoms. The molecule has 0 N–H and O–H groups in total. The van der Waals surface area contributed by atoms with E-state index in [0.29, 0.717) is 14.8 Å². The molecule has 0 bridgehead atoms. The lowest BCUT2D eigenvalue weighted by Crippen LogP contribution is -2.33. The summed E-state index contributed by atoms with van der Waals surface area (Å²) in [7, 11) is 0. The Morgan fingerprint density at radius 3 is 2.30 bits per heavy atom. The van der Waals surface area contributed by atoms with E-state index in [1.807, 2.05) is 0 Å². The molecular weight excluding hydrogens is 320 g/mol. The molecule has 3 rings (SSSR count). The average molecular weight is 330 g/mol. The molecule has 0 spiro atoms. The van der Waals surface area contributed by atoms with Gasteiger partial charge in [-0.25, -0.2) is 4.79 Å². The number of benzene rings is 1.